The van der Waals surface area contributed by atoms with Gasteiger partial charge in [-0.15, -0.1) is 24.0 Å². The Hall–Kier alpha value is -0.290. The van der Waals surface area contributed by atoms with Gasteiger partial charge in [0.2, 0.25) is 0 Å². The van der Waals surface area contributed by atoms with Crippen molar-refractivity contribution >= 4 is 29.9 Å². The molecule has 1 aliphatic heterocycles. The molecule has 0 aromatic heterocycles. The Kier molecular flexibility index (Phi) is 12.0. The molecule has 1 saturated heterocycles. The number of halogens is 4. The predicted molar refractivity (Wildman–Crippen MR) is 101 cm³/mol. The highest BCUT2D eigenvalue weighted by Crippen LogP contribution is 2.25. The Morgan fingerprint density at radius 1 is 1.17 bits per heavy atom. The minimum absolute atomic E-state index is 0. The number of guanidine groups is 1. The van der Waals surface area contributed by atoms with Crippen molar-refractivity contribution in [1.82, 2.24) is 15.1 Å². The van der Waals surface area contributed by atoms with Crippen molar-refractivity contribution in [2.45, 2.75) is 38.4 Å². The maximum Gasteiger partial charge on any atom is 0.403 e. The second kappa shape index (κ2) is 12.1. The van der Waals surface area contributed by atoms with Crippen LogP contribution in [0.5, 0.6) is 0 Å². The molecule has 0 amide bonds. The number of unbranched alkanes of at least 4 members (excludes halogenated alkanes) is 2. The van der Waals surface area contributed by atoms with Crippen molar-refractivity contribution in [3.05, 3.63) is 0 Å². The van der Waals surface area contributed by atoms with Crippen LogP contribution in [-0.4, -0.2) is 81.5 Å². The highest BCUT2D eigenvalue weighted by Gasteiger charge is 2.40. The van der Waals surface area contributed by atoms with E-state index >= 15 is 0 Å². The van der Waals surface area contributed by atoms with E-state index in [0.29, 0.717) is 26.2 Å². The average Bonchev–Trinajstić information content (AvgIpc) is 2.53. The van der Waals surface area contributed by atoms with Gasteiger partial charge in [0.15, 0.2) is 5.96 Å². The van der Waals surface area contributed by atoms with Crippen molar-refractivity contribution in [3.63, 3.8) is 0 Å². The minimum atomic E-state index is -4.16. The number of aliphatic imine (C=N–C) groups is 1. The van der Waals surface area contributed by atoms with Crippen molar-refractivity contribution in [2.75, 3.05) is 53.5 Å². The molecule has 9 heteroatoms. The summed E-state index contributed by atoms with van der Waals surface area (Å²) in [5, 5.41) is 3.28. The molecule has 1 atom stereocenters. The number of methoxy groups -OCH3 is 1. The molecule has 1 fully saturated rings. The summed E-state index contributed by atoms with van der Waals surface area (Å²) < 4.78 is 43.2. The van der Waals surface area contributed by atoms with Crippen LogP contribution in [0.2, 0.25) is 0 Å². The standard InChI is InChI=1S/C15H29F3N4O.HI/c1-13(15(16,17)18)21-8-10-22(11-9-21)14(19-2)20-7-5-4-6-12-23-3;/h13H,4-12H2,1-3H3,(H,19,20);1H. The number of alkyl halides is 3. The number of rotatable bonds is 7. The predicted octanol–water partition coefficient (Wildman–Crippen LogP) is 2.56. The largest absolute Gasteiger partial charge is 0.403 e. The van der Waals surface area contributed by atoms with Gasteiger partial charge in [0.05, 0.1) is 0 Å². The number of ether oxygens (including phenoxy) is 1. The fraction of sp³-hybridized carbons (Fsp3) is 0.933. The van der Waals surface area contributed by atoms with Gasteiger partial charge in [-0.25, -0.2) is 0 Å². The summed E-state index contributed by atoms with van der Waals surface area (Å²) in [6.07, 6.45) is -1.03. The Labute approximate surface area is 160 Å². The summed E-state index contributed by atoms with van der Waals surface area (Å²) in [7, 11) is 3.40. The Bertz CT molecular complexity index is 361. The SMILES string of the molecule is CN=C(NCCCCCOC)N1CCN(C(C)C(F)(F)F)CC1.I. The lowest BCUT2D eigenvalue weighted by atomic mass is 10.2. The molecule has 0 aromatic rings. The van der Waals surface area contributed by atoms with Crippen LogP contribution >= 0.6 is 24.0 Å². The van der Waals surface area contributed by atoms with E-state index in [0.717, 1.165) is 38.4 Å². The van der Waals surface area contributed by atoms with E-state index in [4.69, 9.17) is 4.74 Å². The van der Waals surface area contributed by atoms with Crippen LogP contribution in [0.1, 0.15) is 26.2 Å². The van der Waals surface area contributed by atoms with Crippen LogP contribution < -0.4 is 5.32 Å². The molecule has 0 spiro atoms. The van der Waals surface area contributed by atoms with Crippen molar-refractivity contribution < 1.29 is 17.9 Å². The number of nitrogens with zero attached hydrogens (tertiary/aromatic N) is 3. The van der Waals surface area contributed by atoms with Gasteiger partial charge in [0, 0.05) is 53.5 Å². The van der Waals surface area contributed by atoms with Gasteiger partial charge in [-0.05, 0) is 26.2 Å². The Morgan fingerprint density at radius 2 is 1.79 bits per heavy atom. The van der Waals surface area contributed by atoms with Crippen LogP contribution in [0.15, 0.2) is 4.99 Å². The summed E-state index contributed by atoms with van der Waals surface area (Å²) in [4.78, 5) is 7.73. The van der Waals surface area contributed by atoms with Crippen LogP contribution in [0.4, 0.5) is 13.2 Å². The van der Waals surface area contributed by atoms with Gasteiger partial charge >= 0.3 is 6.18 Å². The molecule has 0 aromatic carbocycles. The third-order valence-corrected chi connectivity index (χ3v) is 4.16. The zero-order valence-corrected chi connectivity index (χ0v) is 17.1. The number of hydrogen-bond acceptors (Lipinski definition) is 3. The average molecular weight is 466 g/mol. The van der Waals surface area contributed by atoms with Gasteiger partial charge in [-0.1, -0.05) is 0 Å². The summed E-state index contributed by atoms with van der Waals surface area (Å²) in [5.41, 5.74) is 0. The van der Waals surface area contributed by atoms with Crippen LogP contribution in [0, 0.1) is 0 Å². The number of piperazine rings is 1. The molecule has 24 heavy (non-hydrogen) atoms. The molecule has 0 radical (unpaired) electrons. The van der Waals surface area contributed by atoms with E-state index in [1.54, 1.807) is 14.2 Å². The molecule has 1 unspecified atom stereocenters. The summed E-state index contributed by atoms with van der Waals surface area (Å²) in [5.74, 6) is 0.774. The first-order valence-electron chi connectivity index (χ1n) is 8.15. The first-order chi connectivity index (χ1) is 10.9. The molecule has 0 aliphatic carbocycles. The molecule has 144 valence electrons. The van der Waals surface area contributed by atoms with Crippen molar-refractivity contribution in [2.24, 2.45) is 4.99 Å². The van der Waals surface area contributed by atoms with Crippen LogP contribution in [0.3, 0.4) is 0 Å². The quantitative estimate of drug-likeness (QED) is 0.271. The molecule has 1 N–H and O–H groups in total. The maximum atomic E-state index is 12.7. The van der Waals surface area contributed by atoms with Crippen LogP contribution in [0.25, 0.3) is 0 Å². The molecule has 1 aliphatic rings. The van der Waals surface area contributed by atoms with Gasteiger partial charge in [0.25, 0.3) is 0 Å². The highest BCUT2D eigenvalue weighted by atomic mass is 127. The lowest BCUT2D eigenvalue weighted by Crippen LogP contribution is -2.56. The lowest BCUT2D eigenvalue weighted by molar-refractivity contribution is -0.181. The monoisotopic (exact) mass is 466 g/mol. The summed E-state index contributed by atoms with van der Waals surface area (Å²) in [6, 6.07) is -1.39. The zero-order valence-electron chi connectivity index (χ0n) is 14.7. The third kappa shape index (κ3) is 8.19. The molecule has 1 rings (SSSR count). The fourth-order valence-corrected chi connectivity index (χ4v) is 2.61. The number of hydrogen-bond donors (Lipinski definition) is 1. The molecular formula is C15H30F3IN4O. The second-order valence-electron chi connectivity index (χ2n) is 5.77. The smallest absolute Gasteiger partial charge is 0.385 e. The van der Waals surface area contributed by atoms with Crippen LogP contribution in [-0.2, 0) is 4.74 Å². The van der Waals surface area contributed by atoms with Gasteiger partial charge < -0.3 is 15.0 Å². The summed E-state index contributed by atoms with van der Waals surface area (Å²) >= 11 is 0. The Morgan fingerprint density at radius 3 is 2.29 bits per heavy atom. The first-order valence-corrected chi connectivity index (χ1v) is 8.15. The van der Waals surface area contributed by atoms with E-state index in [2.05, 4.69) is 10.3 Å². The minimum Gasteiger partial charge on any atom is -0.385 e. The second-order valence-corrected chi connectivity index (χ2v) is 5.77. The molecule has 5 nitrogen and oxygen atoms in total. The third-order valence-electron chi connectivity index (χ3n) is 4.16. The lowest BCUT2D eigenvalue weighted by Gasteiger charge is -2.39. The zero-order chi connectivity index (χ0) is 17.3. The normalized spacial score (nSPS) is 18.2. The van der Waals surface area contributed by atoms with E-state index in [-0.39, 0.29) is 24.0 Å². The van der Waals surface area contributed by atoms with E-state index in [9.17, 15) is 13.2 Å². The van der Waals surface area contributed by atoms with Crippen molar-refractivity contribution in [1.29, 1.82) is 0 Å². The molecule has 1 heterocycles. The maximum absolute atomic E-state index is 12.7. The fourth-order valence-electron chi connectivity index (χ4n) is 2.61. The summed E-state index contributed by atoms with van der Waals surface area (Å²) in [6.45, 7) is 4.73. The van der Waals surface area contributed by atoms with E-state index in [1.165, 1.54) is 11.8 Å². The van der Waals surface area contributed by atoms with E-state index < -0.39 is 12.2 Å². The number of nitrogens with one attached hydrogen (secondary N) is 1. The highest BCUT2D eigenvalue weighted by molar-refractivity contribution is 14.0. The van der Waals surface area contributed by atoms with Crippen molar-refractivity contribution in [3.8, 4) is 0 Å². The molecular weight excluding hydrogens is 436 g/mol. The van der Waals surface area contributed by atoms with Gasteiger partial charge in [-0.3, -0.25) is 9.89 Å². The topological polar surface area (TPSA) is 40.1 Å². The first kappa shape index (κ1) is 23.7. The van der Waals surface area contributed by atoms with Gasteiger partial charge in [-0.2, -0.15) is 13.2 Å². The van der Waals surface area contributed by atoms with Gasteiger partial charge in [0.1, 0.15) is 6.04 Å². The molecule has 0 bridgehead atoms. The Balaban J connectivity index is 0.00000529. The van der Waals surface area contributed by atoms with E-state index in [1.807, 2.05) is 4.90 Å². The molecule has 0 saturated carbocycles.